The highest BCUT2D eigenvalue weighted by atomic mass is 19.1. The molecular weight excluding hydrogens is 273 g/mol. The van der Waals surface area contributed by atoms with Gasteiger partial charge in [-0.3, -0.25) is 4.79 Å². The highest BCUT2D eigenvalue weighted by molar-refractivity contribution is 5.82. The fraction of sp³-hybridized carbons (Fsp3) is 0.600. The van der Waals surface area contributed by atoms with Crippen LogP contribution in [0, 0.1) is 5.82 Å². The molecule has 2 heterocycles. The second-order valence-electron chi connectivity index (χ2n) is 5.66. The summed E-state index contributed by atoms with van der Waals surface area (Å²) in [6.45, 7) is 1.10. The van der Waals surface area contributed by atoms with E-state index < -0.39 is 0 Å². The largest absolute Gasteiger partial charge is 0.481 e. The number of nitrogens with zero attached hydrogens (tertiary/aromatic N) is 1. The van der Waals surface area contributed by atoms with E-state index in [2.05, 4.69) is 15.6 Å². The Morgan fingerprint density at radius 1 is 1.52 bits per heavy atom. The molecule has 3 rings (SSSR count). The molecule has 5 nitrogen and oxygen atoms in total. The number of hydrogen-bond acceptors (Lipinski definition) is 4. The third kappa shape index (κ3) is 3.15. The van der Waals surface area contributed by atoms with E-state index >= 15 is 0 Å². The van der Waals surface area contributed by atoms with Gasteiger partial charge in [0.15, 0.2) is 0 Å². The number of ether oxygens (including phenoxy) is 1. The van der Waals surface area contributed by atoms with Crippen LogP contribution in [0.4, 0.5) is 4.39 Å². The summed E-state index contributed by atoms with van der Waals surface area (Å²) in [5, 5.41) is 5.95. The molecule has 0 unspecified atom stereocenters. The Bertz CT molecular complexity index is 540. The molecule has 114 valence electrons. The van der Waals surface area contributed by atoms with Crippen molar-refractivity contribution in [3.05, 3.63) is 23.1 Å². The van der Waals surface area contributed by atoms with Gasteiger partial charge in [-0.25, -0.2) is 9.37 Å². The molecule has 2 fully saturated rings. The fourth-order valence-corrected chi connectivity index (χ4v) is 2.68. The van der Waals surface area contributed by atoms with Crippen LogP contribution in [0.3, 0.4) is 0 Å². The number of hydrogen-bond donors (Lipinski definition) is 2. The molecule has 6 heteroatoms. The van der Waals surface area contributed by atoms with Crippen LogP contribution in [0.2, 0.25) is 0 Å². The van der Waals surface area contributed by atoms with Crippen molar-refractivity contribution >= 4 is 5.91 Å². The van der Waals surface area contributed by atoms with Crippen molar-refractivity contribution in [2.45, 2.75) is 44.2 Å². The van der Waals surface area contributed by atoms with Crippen LogP contribution < -0.4 is 15.4 Å². The van der Waals surface area contributed by atoms with Crippen molar-refractivity contribution in [1.29, 1.82) is 0 Å². The summed E-state index contributed by atoms with van der Waals surface area (Å²) in [6.07, 6.45) is 3.82. The van der Waals surface area contributed by atoms with Crippen LogP contribution in [-0.4, -0.2) is 30.6 Å². The van der Waals surface area contributed by atoms with Gasteiger partial charge in [-0.1, -0.05) is 0 Å². The average molecular weight is 293 g/mol. The van der Waals surface area contributed by atoms with Crippen molar-refractivity contribution in [2.24, 2.45) is 0 Å². The number of halogens is 1. The van der Waals surface area contributed by atoms with Crippen LogP contribution in [0.1, 0.15) is 42.9 Å². The van der Waals surface area contributed by atoms with Crippen molar-refractivity contribution < 1.29 is 13.9 Å². The first-order chi connectivity index (χ1) is 10.2. The molecule has 0 bridgehead atoms. The second-order valence-corrected chi connectivity index (χ2v) is 5.66. The van der Waals surface area contributed by atoms with Gasteiger partial charge in [0.25, 0.3) is 0 Å². The van der Waals surface area contributed by atoms with E-state index in [4.69, 9.17) is 4.74 Å². The Balaban J connectivity index is 1.69. The number of methoxy groups -OCH3 is 1. The summed E-state index contributed by atoms with van der Waals surface area (Å²) in [5.41, 5.74) is 1.06. The Hall–Kier alpha value is -1.69. The lowest BCUT2D eigenvalue weighted by Gasteiger charge is -2.14. The number of rotatable bonds is 5. The molecule has 1 saturated heterocycles. The molecule has 1 atom stereocenters. The van der Waals surface area contributed by atoms with Crippen LogP contribution in [0.25, 0.3) is 0 Å². The van der Waals surface area contributed by atoms with Crippen LogP contribution in [0.15, 0.2) is 6.07 Å². The highest BCUT2D eigenvalue weighted by Crippen LogP contribution is 2.41. The lowest BCUT2D eigenvalue weighted by molar-refractivity contribution is -0.122. The number of aromatic nitrogens is 1. The first-order valence-electron chi connectivity index (χ1n) is 7.43. The topological polar surface area (TPSA) is 63.2 Å². The molecule has 0 spiro atoms. The molecule has 1 aliphatic carbocycles. The molecule has 0 radical (unpaired) electrons. The average Bonchev–Trinajstić information content (AvgIpc) is 3.18. The Labute approximate surface area is 123 Å². The minimum Gasteiger partial charge on any atom is -0.481 e. The third-order valence-electron chi connectivity index (χ3n) is 4.03. The van der Waals surface area contributed by atoms with E-state index in [1.165, 1.54) is 13.2 Å². The van der Waals surface area contributed by atoms with E-state index in [1.807, 2.05) is 0 Å². The summed E-state index contributed by atoms with van der Waals surface area (Å²) in [6, 6.07) is 1.29. The standard InChI is InChI=1S/C15H20FN3O2/c1-21-15-10(7-11(16)13(19-15)9-4-5-9)8-18-14(20)12-3-2-6-17-12/h7,9,12,17H,2-6,8H2,1H3,(H,18,20)/t12-/m0/s1. The lowest BCUT2D eigenvalue weighted by atomic mass is 10.1. The summed E-state index contributed by atoms with van der Waals surface area (Å²) >= 11 is 0. The van der Waals surface area contributed by atoms with Gasteiger partial charge in [-0.15, -0.1) is 0 Å². The number of carbonyl (C=O) groups is 1. The Morgan fingerprint density at radius 3 is 2.95 bits per heavy atom. The van der Waals surface area contributed by atoms with E-state index in [0.29, 0.717) is 17.1 Å². The van der Waals surface area contributed by atoms with Gasteiger partial charge < -0.3 is 15.4 Å². The van der Waals surface area contributed by atoms with E-state index in [1.54, 1.807) is 0 Å². The molecule has 1 aromatic rings. The molecule has 1 saturated carbocycles. The number of pyridine rings is 1. The van der Waals surface area contributed by atoms with Gasteiger partial charge in [0.1, 0.15) is 5.82 Å². The monoisotopic (exact) mass is 293 g/mol. The van der Waals surface area contributed by atoms with E-state index in [0.717, 1.165) is 32.2 Å². The van der Waals surface area contributed by atoms with Crippen LogP contribution in [-0.2, 0) is 11.3 Å². The predicted molar refractivity (Wildman–Crippen MR) is 75.6 cm³/mol. The van der Waals surface area contributed by atoms with Gasteiger partial charge in [0, 0.05) is 18.0 Å². The van der Waals surface area contributed by atoms with Gasteiger partial charge in [-0.05, 0) is 38.3 Å². The maximum atomic E-state index is 14.0. The second kappa shape index (κ2) is 5.97. The zero-order valence-electron chi connectivity index (χ0n) is 12.1. The highest BCUT2D eigenvalue weighted by Gasteiger charge is 2.29. The number of carbonyl (C=O) groups excluding carboxylic acids is 1. The van der Waals surface area contributed by atoms with E-state index in [9.17, 15) is 9.18 Å². The molecular formula is C15H20FN3O2. The van der Waals surface area contributed by atoms with Crippen LogP contribution in [0.5, 0.6) is 5.88 Å². The fourth-order valence-electron chi connectivity index (χ4n) is 2.68. The first kappa shape index (κ1) is 14.3. The van der Waals surface area contributed by atoms with Crippen molar-refractivity contribution in [2.75, 3.05) is 13.7 Å². The smallest absolute Gasteiger partial charge is 0.237 e. The Morgan fingerprint density at radius 2 is 2.33 bits per heavy atom. The minimum atomic E-state index is -0.304. The molecule has 2 aliphatic rings. The predicted octanol–water partition coefficient (Wildman–Crippen LogP) is 1.47. The Kier molecular flexibility index (Phi) is 4.05. The molecule has 1 amide bonds. The zero-order chi connectivity index (χ0) is 14.8. The molecule has 0 aromatic carbocycles. The minimum absolute atomic E-state index is 0.0544. The van der Waals surface area contributed by atoms with Gasteiger partial charge in [-0.2, -0.15) is 0 Å². The number of amides is 1. The first-order valence-corrected chi connectivity index (χ1v) is 7.43. The molecule has 2 N–H and O–H groups in total. The summed E-state index contributed by atoms with van der Waals surface area (Å²) in [7, 11) is 1.51. The van der Waals surface area contributed by atoms with Crippen molar-refractivity contribution in [3.63, 3.8) is 0 Å². The van der Waals surface area contributed by atoms with Crippen molar-refractivity contribution in [1.82, 2.24) is 15.6 Å². The maximum absolute atomic E-state index is 14.0. The van der Waals surface area contributed by atoms with Gasteiger partial charge >= 0.3 is 0 Å². The van der Waals surface area contributed by atoms with Crippen molar-refractivity contribution in [3.8, 4) is 5.88 Å². The molecule has 1 aliphatic heterocycles. The van der Waals surface area contributed by atoms with Gasteiger partial charge in [0.05, 0.1) is 18.8 Å². The summed E-state index contributed by atoms with van der Waals surface area (Å²) in [4.78, 5) is 16.2. The normalized spacial score (nSPS) is 21.3. The molecule has 21 heavy (non-hydrogen) atoms. The molecule has 1 aromatic heterocycles. The zero-order valence-corrected chi connectivity index (χ0v) is 12.1. The SMILES string of the molecule is COc1nc(C2CC2)c(F)cc1CNC(=O)[C@@H]1CCCN1. The number of nitrogens with one attached hydrogen (secondary N) is 2. The summed E-state index contributed by atoms with van der Waals surface area (Å²) < 4.78 is 19.3. The van der Waals surface area contributed by atoms with E-state index in [-0.39, 0.29) is 30.2 Å². The third-order valence-corrected chi connectivity index (χ3v) is 4.03. The van der Waals surface area contributed by atoms with Gasteiger partial charge in [0.2, 0.25) is 11.8 Å². The lowest BCUT2D eigenvalue weighted by Crippen LogP contribution is -2.40. The quantitative estimate of drug-likeness (QED) is 0.863. The van der Waals surface area contributed by atoms with Crippen LogP contribution >= 0.6 is 0 Å². The summed E-state index contributed by atoms with van der Waals surface area (Å²) in [5.74, 6) is 0.269. The maximum Gasteiger partial charge on any atom is 0.237 e.